The number of fused-ring (bicyclic) bond motifs is 1. The molecular weight excluding hydrogens is 232 g/mol. The van der Waals surface area contributed by atoms with Crippen LogP contribution in [0.1, 0.15) is 12.0 Å². The summed E-state index contributed by atoms with van der Waals surface area (Å²) in [6.07, 6.45) is 2.60. The van der Waals surface area contributed by atoms with Gasteiger partial charge in [-0.3, -0.25) is 9.19 Å². The van der Waals surface area contributed by atoms with E-state index in [9.17, 15) is 4.21 Å². The molecule has 0 bridgehead atoms. The highest BCUT2D eigenvalue weighted by Gasteiger charge is 2.02. The summed E-state index contributed by atoms with van der Waals surface area (Å²) in [4.78, 5) is 4.26. The van der Waals surface area contributed by atoms with Crippen molar-refractivity contribution in [3.8, 4) is 0 Å². The number of nitrogens with two attached hydrogens (primary N) is 1. The average molecular weight is 248 g/mol. The molecule has 0 saturated carbocycles. The maximum atomic E-state index is 11.7. The molecule has 90 valence electrons. The topological polar surface area (TPSA) is 56.0 Å². The molecule has 0 amide bonds. The number of hydrogen-bond acceptors (Lipinski definition) is 3. The van der Waals surface area contributed by atoms with Gasteiger partial charge in [-0.1, -0.05) is 12.1 Å². The van der Waals surface area contributed by atoms with Crippen molar-refractivity contribution >= 4 is 21.7 Å². The Kier molecular flexibility index (Phi) is 4.23. The number of rotatable bonds is 5. The number of benzene rings is 1. The van der Waals surface area contributed by atoms with Gasteiger partial charge in [0.2, 0.25) is 0 Å². The van der Waals surface area contributed by atoms with Gasteiger partial charge in [-0.05, 0) is 36.7 Å². The van der Waals surface area contributed by atoms with Crippen LogP contribution in [0.4, 0.5) is 0 Å². The molecule has 1 unspecified atom stereocenters. The third-order valence-corrected chi connectivity index (χ3v) is 3.97. The zero-order valence-electron chi connectivity index (χ0n) is 9.63. The molecule has 0 aliphatic rings. The highest BCUT2D eigenvalue weighted by atomic mass is 32.2. The van der Waals surface area contributed by atoms with Gasteiger partial charge in [0.25, 0.3) is 0 Å². The normalized spacial score (nSPS) is 12.8. The lowest BCUT2D eigenvalue weighted by atomic mass is 10.1. The minimum atomic E-state index is -0.814. The third-order valence-electron chi connectivity index (χ3n) is 2.57. The van der Waals surface area contributed by atoms with E-state index in [1.54, 1.807) is 6.20 Å². The summed E-state index contributed by atoms with van der Waals surface area (Å²) in [5, 5.41) is 1.10. The summed E-state index contributed by atoms with van der Waals surface area (Å²) in [6, 6.07) is 9.97. The maximum Gasteiger partial charge on any atom is 0.0702 e. The SMILES string of the molecule is NCCCS(=O)Cc1ccc2ncccc2c1. The Bertz CT molecular complexity index is 528. The first-order chi connectivity index (χ1) is 8.29. The van der Waals surface area contributed by atoms with Crippen molar-refractivity contribution in [2.75, 3.05) is 12.3 Å². The number of nitrogens with zero attached hydrogens (tertiary/aromatic N) is 1. The second-order valence-corrected chi connectivity index (χ2v) is 5.54. The zero-order chi connectivity index (χ0) is 12.1. The average Bonchev–Trinajstić information content (AvgIpc) is 2.36. The molecule has 0 fully saturated rings. The molecule has 0 radical (unpaired) electrons. The number of aromatic nitrogens is 1. The Morgan fingerprint density at radius 3 is 3.00 bits per heavy atom. The molecule has 0 saturated heterocycles. The summed E-state index contributed by atoms with van der Waals surface area (Å²) >= 11 is 0. The molecule has 0 aliphatic heterocycles. The molecule has 1 atom stereocenters. The van der Waals surface area contributed by atoms with Gasteiger partial charge >= 0.3 is 0 Å². The lowest BCUT2D eigenvalue weighted by Crippen LogP contribution is -2.07. The quantitative estimate of drug-likeness (QED) is 0.878. The zero-order valence-corrected chi connectivity index (χ0v) is 10.5. The first kappa shape index (κ1) is 12.2. The summed E-state index contributed by atoms with van der Waals surface area (Å²) in [5.41, 5.74) is 7.48. The Morgan fingerprint density at radius 2 is 2.18 bits per heavy atom. The highest BCUT2D eigenvalue weighted by Crippen LogP contribution is 2.14. The molecule has 2 aromatic rings. The van der Waals surface area contributed by atoms with Gasteiger partial charge in [-0.2, -0.15) is 0 Å². The Morgan fingerprint density at radius 1 is 1.29 bits per heavy atom. The molecule has 1 heterocycles. The maximum absolute atomic E-state index is 11.7. The van der Waals surface area contributed by atoms with Crippen molar-refractivity contribution in [3.05, 3.63) is 42.1 Å². The van der Waals surface area contributed by atoms with Crippen molar-refractivity contribution < 1.29 is 4.21 Å². The standard InChI is InChI=1S/C13H16N2OS/c14-6-2-8-17(16)10-11-4-5-13-12(9-11)3-1-7-15-13/h1,3-5,7,9H,2,6,8,10,14H2. The number of pyridine rings is 1. The highest BCUT2D eigenvalue weighted by molar-refractivity contribution is 7.84. The van der Waals surface area contributed by atoms with Crippen LogP contribution in [0.3, 0.4) is 0 Å². The van der Waals surface area contributed by atoms with Crippen LogP contribution in [-0.4, -0.2) is 21.5 Å². The monoisotopic (exact) mass is 248 g/mol. The van der Waals surface area contributed by atoms with E-state index in [4.69, 9.17) is 5.73 Å². The van der Waals surface area contributed by atoms with Gasteiger partial charge in [0.15, 0.2) is 0 Å². The van der Waals surface area contributed by atoms with Crippen LogP contribution in [-0.2, 0) is 16.6 Å². The van der Waals surface area contributed by atoms with Crippen LogP contribution >= 0.6 is 0 Å². The number of hydrogen-bond donors (Lipinski definition) is 1. The van der Waals surface area contributed by atoms with Crippen LogP contribution in [0.15, 0.2) is 36.5 Å². The first-order valence-corrected chi connectivity index (χ1v) is 7.17. The fourth-order valence-corrected chi connectivity index (χ4v) is 2.90. The van der Waals surface area contributed by atoms with E-state index in [1.165, 1.54) is 0 Å². The predicted octanol–water partition coefficient (Wildman–Crippen LogP) is 1.83. The van der Waals surface area contributed by atoms with Gasteiger partial charge in [0.1, 0.15) is 0 Å². The van der Waals surface area contributed by atoms with Crippen molar-refractivity contribution in [1.82, 2.24) is 4.98 Å². The molecule has 4 heteroatoms. The molecule has 2 rings (SSSR count). The molecule has 0 aliphatic carbocycles. The summed E-state index contributed by atoms with van der Waals surface area (Å²) < 4.78 is 11.7. The fourth-order valence-electron chi connectivity index (χ4n) is 1.72. The van der Waals surface area contributed by atoms with Crippen LogP contribution in [0.25, 0.3) is 10.9 Å². The second-order valence-electron chi connectivity index (χ2n) is 3.96. The minimum absolute atomic E-state index is 0.602. The van der Waals surface area contributed by atoms with E-state index in [0.717, 1.165) is 22.9 Å². The molecule has 3 nitrogen and oxygen atoms in total. The molecule has 17 heavy (non-hydrogen) atoms. The van der Waals surface area contributed by atoms with E-state index in [2.05, 4.69) is 11.1 Å². The van der Waals surface area contributed by atoms with Gasteiger partial charge in [-0.15, -0.1) is 0 Å². The lowest BCUT2D eigenvalue weighted by Gasteiger charge is -2.03. The van der Waals surface area contributed by atoms with Gasteiger partial charge in [-0.25, -0.2) is 0 Å². The third kappa shape index (κ3) is 3.35. The smallest absolute Gasteiger partial charge is 0.0702 e. The first-order valence-electron chi connectivity index (χ1n) is 5.68. The van der Waals surface area contributed by atoms with Crippen LogP contribution < -0.4 is 5.73 Å². The van der Waals surface area contributed by atoms with E-state index in [1.807, 2.05) is 24.3 Å². The van der Waals surface area contributed by atoms with Gasteiger partial charge in [0.05, 0.1) is 5.52 Å². The summed E-state index contributed by atoms with van der Waals surface area (Å²) in [7, 11) is -0.814. The van der Waals surface area contributed by atoms with Crippen molar-refractivity contribution in [3.63, 3.8) is 0 Å². The Labute approximate surface area is 104 Å². The Balaban J connectivity index is 2.11. The lowest BCUT2D eigenvalue weighted by molar-refractivity contribution is 0.680. The molecular formula is C13H16N2OS. The van der Waals surface area contributed by atoms with Crippen LogP contribution in [0.5, 0.6) is 0 Å². The fraction of sp³-hybridized carbons (Fsp3) is 0.308. The van der Waals surface area contributed by atoms with Crippen molar-refractivity contribution in [2.45, 2.75) is 12.2 Å². The molecule has 0 spiro atoms. The van der Waals surface area contributed by atoms with Crippen molar-refractivity contribution in [1.29, 1.82) is 0 Å². The molecule has 1 aromatic carbocycles. The van der Waals surface area contributed by atoms with E-state index in [0.29, 0.717) is 18.1 Å². The van der Waals surface area contributed by atoms with E-state index >= 15 is 0 Å². The van der Waals surface area contributed by atoms with Crippen LogP contribution in [0.2, 0.25) is 0 Å². The van der Waals surface area contributed by atoms with E-state index < -0.39 is 10.8 Å². The molecule has 2 N–H and O–H groups in total. The minimum Gasteiger partial charge on any atom is -0.330 e. The summed E-state index contributed by atoms with van der Waals surface area (Å²) in [6.45, 7) is 0.605. The predicted molar refractivity (Wildman–Crippen MR) is 72.1 cm³/mol. The second kappa shape index (κ2) is 5.89. The van der Waals surface area contributed by atoms with E-state index in [-0.39, 0.29) is 0 Å². The molecule has 1 aromatic heterocycles. The van der Waals surface area contributed by atoms with Gasteiger partial charge < -0.3 is 5.73 Å². The summed E-state index contributed by atoms with van der Waals surface area (Å²) in [5.74, 6) is 1.28. The Hall–Kier alpha value is -1.26. The van der Waals surface area contributed by atoms with Crippen molar-refractivity contribution in [2.24, 2.45) is 5.73 Å². The largest absolute Gasteiger partial charge is 0.330 e. The van der Waals surface area contributed by atoms with Crippen LogP contribution in [0, 0.1) is 0 Å². The van der Waals surface area contributed by atoms with Gasteiger partial charge in [0, 0.05) is 33.9 Å².